The van der Waals surface area contributed by atoms with E-state index in [-0.39, 0.29) is 18.0 Å². The summed E-state index contributed by atoms with van der Waals surface area (Å²) in [5.41, 5.74) is 2.79. The summed E-state index contributed by atoms with van der Waals surface area (Å²) in [5, 5.41) is 0. The molecule has 2 rings (SSSR count). The number of carbonyl (C=O) groups excluding carboxylic acids is 1. The van der Waals surface area contributed by atoms with Crippen LogP contribution in [-0.4, -0.2) is 5.78 Å². The molecule has 0 aliphatic carbocycles. The van der Waals surface area contributed by atoms with Gasteiger partial charge in [-0.3, -0.25) is 4.79 Å². The monoisotopic (exact) mass is 334 g/mol. The molecular weight excluding hydrogens is 319 g/mol. The number of halogens is 2. The fourth-order valence-corrected chi connectivity index (χ4v) is 2.43. The molecule has 0 radical (unpaired) electrons. The third kappa shape index (κ3) is 4.27. The lowest BCUT2D eigenvalue weighted by Gasteiger charge is -2.04. The Morgan fingerprint density at radius 3 is 2.55 bits per heavy atom. The lowest BCUT2D eigenvalue weighted by Crippen LogP contribution is -2.06. The van der Waals surface area contributed by atoms with Crippen molar-refractivity contribution in [1.82, 2.24) is 0 Å². The van der Waals surface area contributed by atoms with E-state index in [4.69, 9.17) is 0 Å². The molecule has 0 amide bonds. The molecule has 1 nitrogen and oxygen atoms in total. The Balaban J connectivity index is 1.92. The molecule has 0 bridgehead atoms. The summed E-state index contributed by atoms with van der Waals surface area (Å²) in [5.74, 6) is -0.264. The molecular formula is C17H16BrFO. The Morgan fingerprint density at radius 1 is 1.15 bits per heavy atom. The van der Waals surface area contributed by atoms with Crippen molar-refractivity contribution >= 4 is 21.7 Å². The van der Waals surface area contributed by atoms with Crippen LogP contribution in [0.2, 0.25) is 0 Å². The van der Waals surface area contributed by atoms with Crippen LogP contribution >= 0.6 is 15.9 Å². The average molecular weight is 335 g/mol. The number of carbonyl (C=O) groups is 1. The second kappa shape index (κ2) is 6.80. The van der Waals surface area contributed by atoms with E-state index in [0.29, 0.717) is 18.4 Å². The molecule has 0 saturated heterocycles. The molecule has 0 unspecified atom stereocenters. The molecule has 0 aliphatic rings. The standard InChI is InChI=1S/C17H16BrFO/c1-12-2-4-13(5-3-12)6-8-16(20)11-14-10-15(18)7-9-17(14)19/h2-5,7,9-10H,6,8,11H2,1H3. The smallest absolute Gasteiger partial charge is 0.137 e. The maximum Gasteiger partial charge on any atom is 0.137 e. The summed E-state index contributed by atoms with van der Waals surface area (Å²) in [6.07, 6.45) is 1.29. The van der Waals surface area contributed by atoms with Gasteiger partial charge < -0.3 is 0 Å². The third-order valence-electron chi connectivity index (χ3n) is 3.21. The van der Waals surface area contributed by atoms with Gasteiger partial charge in [0.15, 0.2) is 0 Å². The first-order valence-corrected chi connectivity index (χ1v) is 7.35. The molecule has 2 aromatic rings. The van der Waals surface area contributed by atoms with Crippen molar-refractivity contribution in [2.45, 2.75) is 26.2 Å². The number of benzene rings is 2. The highest BCUT2D eigenvalue weighted by atomic mass is 79.9. The van der Waals surface area contributed by atoms with E-state index >= 15 is 0 Å². The van der Waals surface area contributed by atoms with E-state index in [1.165, 1.54) is 11.6 Å². The largest absolute Gasteiger partial charge is 0.299 e. The molecule has 0 fully saturated rings. The zero-order chi connectivity index (χ0) is 14.5. The highest BCUT2D eigenvalue weighted by molar-refractivity contribution is 9.10. The summed E-state index contributed by atoms with van der Waals surface area (Å²) in [6, 6.07) is 12.8. The third-order valence-corrected chi connectivity index (χ3v) is 3.70. The maximum atomic E-state index is 13.6. The Bertz CT molecular complexity index is 605. The number of hydrogen-bond acceptors (Lipinski definition) is 1. The predicted molar refractivity (Wildman–Crippen MR) is 82.3 cm³/mol. The van der Waals surface area contributed by atoms with Crippen molar-refractivity contribution in [2.75, 3.05) is 0 Å². The van der Waals surface area contributed by atoms with Crippen LogP contribution in [-0.2, 0) is 17.6 Å². The normalized spacial score (nSPS) is 10.6. The fourth-order valence-electron chi connectivity index (χ4n) is 2.02. The first kappa shape index (κ1) is 14.9. The van der Waals surface area contributed by atoms with Crippen LogP contribution in [0.15, 0.2) is 46.9 Å². The first-order valence-electron chi connectivity index (χ1n) is 6.56. The van der Waals surface area contributed by atoms with Crippen LogP contribution in [0.25, 0.3) is 0 Å². The molecule has 0 heterocycles. The number of hydrogen-bond donors (Lipinski definition) is 0. The molecule has 0 spiro atoms. The van der Waals surface area contributed by atoms with Gasteiger partial charge in [0.25, 0.3) is 0 Å². The minimum atomic E-state index is -0.322. The van der Waals surface area contributed by atoms with Gasteiger partial charge in [-0.2, -0.15) is 0 Å². The van der Waals surface area contributed by atoms with Crippen LogP contribution in [0.3, 0.4) is 0 Å². The zero-order valence-electron chi connectivity index (χ0n) is 11.3. The Kier molecular flexibility index (Phi) is 5.07. The van der Waals surface area contributed by atoms with E-state index in [9.17, 15) is 9.18 Å². The Morgan fingerprint density at radius 2 is 1.85 bits per heavy atom. The van der Waals surface area contributed by atoms with Gasteiger partial charge in [0.1, 0.15) is 11.6 Å². The van der Waals surface area contributed by atoms with Crippen molar-refractivity contribution in [1.29, 1.82) is 0 Å². The van der Waals surface area contributed by atoms with Gasteiger partial charge in [0, 0.05) is 17.3 Å². The summed E-state index contributed by atoms with van der Waals surface area (Å²) < 4.78 is 14.4. The predicted octanol–water partition coefficient (Wildman–Crippen LogP) is 4.64. The molecule has 0 N–H and O–H groups in total. The molecule has 20 heavy (non-hydrogen) atoms. The molecule has 0 atom stereocenters. The van der Waals surface area contributed by atoms with Gasteiger partial charge in [0.05, 0.1) is 0 Å². The van der Waals surface area contributed by atoms with Crippen molar-refractivity contribution in [3.63, 3.8) is 0 Å². The van der Waals surface area contributed by atoms with E-state index in [2.05, 4.69) is 15.9 Å². The van der Waals surface area contributed by atoms with Crippen molar-refractivity contribution < 1.29 is 9.18 Å². The molecule has 0 aliphatic heterocycles. The molecule has 3 heteroatoms. The highest BCUT2D eigenvalue weighted by Gasteiger charge is 2.09. The van der Waals surface area contributed by atoms with E-state index < -0.39 is 0 Å². The van der Waals surface area contributed by atoms with Crippen molar-refractivity contribution in [2.24, 2.45) is 0 Å². The number of aryl methyl sites for hydroxylation is 2. The quantitative estimate of drug-likeness (QED) is 0.778. The van der Waals surface area contributed by atoms with Crippen LogP contribution in [0, 0.1) is 12.7 Å². The first-order chi connectivity index (χ1) is 9.54. The highest BCUT2D eigenvalue weighted by Crippen LogP contribution is 2.17. The molecule has 2 aromatic carbocycles. The minimum Gasteiger partial charge on any atom is -0.299 e. The van der Waals surface area contributed by atoms with Gasteiger partial charge >= 0.3 is 0 Å². The van der Waals surface area contributed by atoms with Gasteiger partial charge in [-0.15, -0.1) is 0 Å². The lowest BCUT2D eigenvalue weighted by molar-refractivity contribution is -0.118. The second-order valence-corrected chi connectivity index (χ2v) is 5.85. The van der Waals surface area contributed by atoms with E-state index in [0.717, 1.165) is 10.0 Å². The van der Waals surface area contributed by atoms with E-state index in [1.54, 1.807) is 12.1 Å². The van der Waals surface area contributed by atoms with Crippen LogP contribution in [0.1, 0.15) is 23.1 Å². The fraction of sp³-hybridized carbons (Fsp3) is 0.235. The molecule has 0 aromatic heterocycles. The Hall–Kier alpha value is -1.48. The van der Waals surface area contributed by atoms with Gasteiger partial charge in [-0.25, -0.2) is 4.39 Å². The maximum absolute atomic E-state index is 13.6. The Labute approximate surface area is 127 Å². The van der Waals surface area contributed by atoms with Crippen molar-refractivity contribution in [3.8, 4) is 0 Å². The lowest BCUT2D eigenvalue weighted by atomic mass is 10.0. The van der Waals surface area contributed by atoms with Gasteiger partial charge in [-0.1, -0.05) is 45.8 Å². The summed E-state index contributed by atoms with van der Waals surface area (Å²) >= 11 is 3.29. The van der Waals surface area contributed by atoms with Gasteiger partial charge in [0.2, 0.25) is 0 Å². The van der Waals surface area contributed by atoms with Crippen LogP contribution in [0.4, 0.5) is 4.39 Å². The number of rotatable bonds is 5. The molecule has 0 saturated carbocycles. The summed E-state index contributed by atoms with van der Waals surface area (Å²) in [7, 11) is 0. The summed E-state index contributed by atoms with van der Waals surface area (Å²) in [4.78, 5) is 11.9. The average Bonchev–Trinajstić information content (AvgIpc) is 2.42. The van der Waals surface area contributed by atoms with Gasteiger partial charge in [-0.05, 0) is 42.7 Å². The minimum absolute atomic E-state index is 0.0579. The zero-order valence-corrected chi connectivity index (χ0v) is 12.9. The SMILES string of the molecule is Cc1ccc(CCC(=O)Cc2cc(Br)ccc2F)cc1. The topological polar surface area (TPSA) is 17.1 Å². The van der Waals surface area contributed by atoms with Crippen LogP contribution < -0.4 is 0 Å². The van der Waals surface area contributed by atoms with Crippen LogP contribution in [0.5, 0.6) is 0 Å². The van der Waals surface area contributed by atoms with E-state index in [1.807, 2.05) is 31.2 Å². The molecule has 104 valence electrons. The number of Topliss-reactive ketones (excluding diaryl/α,β-unsaturated/α-hetero) is 1. The number of ketones is 1. The summed E-state index contributed by atoms with van der Waals surface area (Å²) in [6.45, 7) is 2.03. The second-order valence-electron chi connectivity index (χ2n) is 4.94. The van der Waals surface area contributed by atoms with Crippen molar-refractivity contribution in [3.05, 3.63) is 69.4 Å².